The van der Waals surface area contributed by atoms with Crippen molar-refractivity contribution in [2.45, 2.75) is 25.5 Å². The van der Waals surface area contributed by atoms with Crippen LogP contribution in [-0.2, 0) is 4.79 Å². The van der Waals surface area contributed by atoms with Crippen LogP contribution in [0.25, 0.3) is 10.2 Å². The van der Waals surface area contributed by atoms with Gasteiger partial charge in [-0.2, -0.15) is 0 Å². The molecular formula is C13H16N2OS2. The van der Waals surface area contributed by atoms with Crippen LogP contribution < -0.4 is 5.32 Å². The van der Waals surface area contributed by atoms with Gasteiger partial charge in [0.1, 0.15) is 0 Å². The third-order valence-electron chi connectivity index (χ3n) is 2.18. The van der Waals surface area contributed by atoms with Crippen LogP contribution in [-0.4, -0.2) is 21.4 Å². The molecule has 1 aromatic carbocycles. The van der Waals surface area contributed by atoms with E-state index in [2.05, 4.69) is 31.1 Å². The second-order valence-corrected chi connectivity index (χ2v) is 7.77. The van der Waals surface area contributed by atoms with E-state index >= 15 is 0 Å². The number of nitrogens with one attached hydrogen (secondary N) is 1. The first-order chi connectivity index (χ1) is 8.44. The number of anilines is 1. The van der Waals surface area contributed by atoms with Gasteiger partial charge in [-0.1, -0.05) is 44.2 Å². The number of benzene rings is 1. The fourth-order valence-electron chi connectivity index (χ4n) is 1.36. The molecule has 2 rings (SSSR count). The van der Waals surface area contributed by atoms with Gasteiger partial charge in [-0.15, -0.1) is 11.8 Å². The lowest BCUT2D eigenvalue weighted by molar-refractivity contribution is -0.113. The van der Waals surface area contributed by atoms with Crippen molar-refractivity contribution in [3.8, 4) is 0 Å². The largest absolute Gasteiger partial charge is 0.301 e. The molecule has 1 aromatic heterocycles. The minimum Gasteiger partial charge on any atom is -0.301 e. The lowest BCUT2D eigenvalue weighted by Crippen LogP contribution is -2.18. The Labute approximate surface area is 115 Å². The molecule has 2 aromatic rings. The maximum absolute atomic E-state index is 11.8. The number of para-hydroxylation sites is 1. The highest BCUT2D eigenvalue weighted by Gasteiger charge is 2.14. The smallest absolute Gasteiger partial charge is 0.236 e. The van der Waals surface area contributed by atoms with Crippen molar-refractivity contribution >= 4 is 44.4 Å². The molecule has 0 atom stereocenters. The van der Waals surface area contributed by atoms with Gasteiger partial charge >= 0.3 is 0 Å². The number of rotatable bonds is 3. The number of hydrogen-bond donors (Lipinski definition) is 1. The second kappa shape index (κ2) is 5.28. The molecule has 0 aliphatic heterocycles. The van der Waals surface area contributed by atoms with Crippen LogP contribution in [0.4, 0.5) is 5.13 Å². The lowest BCUT2D eigenvalue weighted by Gasteiger charge is -2.16. The summed E-state index contributed by atoms with van der Waals surface area (Å²) < 4.78 is 1.20. The fourth-order valence-corrected chi connectivity index (χ4v) is 2.88. The van der Waals surface area contributed by atoms with Crippen LogP contribution >= 0.6 is 23.1 Å². The SMILES string of the molecule is CC(C)(C)SCC(=O)Nc1nc2ccccc2s1. The molecule has 1 N–H and O–H groups in total. The standard InChI is InChI=1S/C13H16N2OS2/c1-13(2,3)17-8-11(16)15-12-14-9-6-4-5-7-10(9)18-12/h4-7H,8H2,1-3H3,(H,14,15,16). The van der Waals surface area contributed by atoms with Gasteiger partial charge in [-0.3, -0.25) is 4.79 Å². The van der Waals surface area contributed by atoms with E-state index in [0.717, 1.165) is 10.2 Å². The molecule has 18 heavy (non-hydrogen) atoms. The predicted molar refractivity (Wildman–Crippen MR) is 80.5 cm³/mol. The van der Waals surface area contributed by atoms with Crippen molar-refractivity contribution in [3.63, 3.8) is 0 Å². The molecule has 0 saturated heterocycles. The molecule has 0 radical (unpaired) electrons. The number of fused-ring (bicyclic) bond motifs is 1. The zero-order valence-corrected chi connectivity index (χ0v) is 12.3. The highest BCUT2D eigenvalue weighted by atomic mass is 32.2. The van der Waals surface area contributed by atoms with Crippen molar-refractivity contribution in [3.05, 3.63) is 24.3 Å². The minimum atomic E-state index is 0.00832. The average Bonchev–Trinajstić information content (AvgIpc) is 2.67. The summed E-state index contributed by atoms with van der Waals surface area (Å²) in [4.78, 5) is 16.1. The Kier molecular flexibility index (Phi) is 3.92. The number of thiazole rings is 1. The van der Waals surface area contributed by atoms with Gasteiger partial charge in [0.2, 0.25) is 5.91 Å². The van der Waals surface area contributed by atoms with E-state index in [1.54, 1.807) is 11.8 Å². The maximum atomic E-state index is 11.8. The van der Waals surface area contributed by atoms with E-state index < -0.39 is 0 Å². The van der Waals surface area contributed by atoms with Crippen molar-refractivity contribution in [2.75, 3.05) is 11.1 Å². The summed E-state index contributed by atoms with van der Waals surface area (Å²) in [6.07, 6.45) is 0. The van der Waals surface area contributed by atoms with Gasteiger partial charge in [-0.25, -0.2) is 4.98 Å². The molecule has 0 fully saturated rings. The molecule has 96 valence electrons. The fraction of sp³-hybridized carbons (Fsp3) is 0.385. The van der Waals surface area contributed by atoms with Crippen LogP contribution in [0.3, 0.4) is 0 Å². The number of carbonyl (C=O) groups excluding carboxylic acids is 1. The van der Waals surface area contributed by atoms with Crippen molar-refractivity contribution < 1.29 is 4.79 Å². The molecule has 0 unspecified atom stereocenters. The zero-order chi connectivity index (χ0) is 13.2. The van der Waals surface area contributed by atoms with E-state index in [9.17, 15) is 4.79 Å². The van der Waals surface area contributed by atoms with Crippen LogP contribution in [0.2, 0.25) is 0 Å². The summed E-state index contributed by atoms with van der Waals surface area (Å²) in [7, 11) is 0. The summed E-state index contributed by atoms with van der Waals surface area (Å²) >= 11 is 3.14. The quantitative estimate of drug-likeness (QED) is 0.930. The Balaban J connectivity index is 1.99. The number of amides is 1. The number of thioether (sulfide) groups is 1. The molecule has 0 bridgehead atoms. The zero-order valence-electron chi connectivity index (χ0n) is 10.7. The van der Waals surface area contributed by atoms with Crippen LogP contribution in [0.1, 0.15) is 20.8 Å². The topological polar surface area (TPSA) is 42.0 Å². The summed E-state index contributed by atoms with van der Waals surface area (Å²) in [5.41, 5.74) is 0.932. The Morgan fingerprint density at radius 2 is 2.11 bits per heavy atom. The first-order valence-corrected chi connectivity index (χ1v) is 7.54. The van der Waals surface area contributed by atoms with Gasteiger partial charge in [0.15, 0.2) is 5.13 Å². The van der Waals surface area contributed by atoms with E-state index in [0.29, 0.717) is 10.9 Å². The first-order valence-electron chi connectivity index (χ1n) is 5.73. The molecule has 0 aliphatic rings. The van der Waals surface area contributed by atoms with Crippen LogP contribution in [0.5, 0.6) is 0 Å². The summed E-state index contributed by atoms with van der Waals surface area (Å²) in [5, 5.41) is 3.53. The average molecular weight is 280 g/mol. The minimum absolute atomic E-state index is 0.00832. The molecule has 0 aliphatic carbocycles. The van der Waals surface area contributed by atoms with E-state index in [4.69, 9.17) is 0 Å². The van der Waals surface area contributed by atoms with Gasteiger partial charge in [0, 0.05) is 4.75 Å². The third kappa shape index (κ3) is 3.71. The Morgan fingerprint density at radius 3 is 2.78 bits per heavy atom. The van der Waals surface area contributed by atoms with Crippen molar-refractivity contribution in [2.24, 2.45) is 0 Å². The molecule has 1 heterocycles. The highest BCUT2D eigenvalue weighted by Crippen LogP contribution is 2.26. The van der Waals surface area contributed by atoms with Gasteiger partial charge in [0.05, 0.1) is 16.0 Å². The second-order valence-electron chi connectivity index (χ2n) is 4.94. The van der Waals surface area contributed by atoms with Crippen LogP contribution in [0.15, 0.2) is 24.3 Å². The molecular weight excluding hydrogens is 264 g/mol. The molecule has 3 nitrogen and oxygen atoms in total. The van der Waals surface area contributed by atoms with E-state index in [1.807, 2.05) is 24.3 Å². The number of hydrogen-bond acceptors (Lipinski definition) is 4. The number of nitrogens with zero attached hydrogens (tertiary/aromatic N) is 1. The van der Waals surface area contributed by atoms with Crippen LogP contribution in [0, 0.1) is 0 Å². The highest BCUT2D eigenvalue weighted by molar-refractivity contribution is 8.01. The Bertz CT molecular complexity index is 524. The molecule has 0 spiro atoms. The normalized spacial score (nSPS) is 11.7. The Hall–Kier alpha value is -1.07. The van der Waals surface area contributed by atoms with Gasteiger partial charge in [-0.05, 0) is 12.1 Å². The third-order valence-corrected chi connectivity index (χ3v) is 4.40. The van der Waals surface area contributed by atoms with E-state index in [-0.39, 0.29) is 10.7 Å². The summed E-state index contributed by atoms with van der Waals surface area (Å²) in [6.45, 7) is 6.30. The van der Waals surface area contributed by atoms with Gasteiger partial charge in [0.25, 0.3) is 0 Å². The van der Waals surface area contributed by atoms with Gasteiger partial charge < -0.3 is 5.32 Å². The maximum Gasteiger partial charge on any atom is 0.236 e. The molecule has 5 heteroatoms. The van der Waals surface area contributed by atoms with E-state index in [1.165, 1.54) is 11.3 Å². The first kappa shape index (κ1) is 13.4. The molecule has 1 amide bonds. The number of aromatic nitrogens is 1. The van der Waals surface area contributed by atoms with Crippen molar-refractivity contribution in [1.82, 2.24) is 4.98 Å². The van der Waals surface area contributed by atoms with Crippen molar-refractivity contribution in [1.29, 1.82) is 0 Å². The monoisotopic (exact) mass is 280 g/mol. The number of carbonyl (C=O) groups is 1. The summed E-state index contributed by atoms with van der Waals surface area (Å²) in [5.74, 6) is 0.466. The summed E-state index contributed by atoms with van der Waals surface area (Å²) in [6, 6.07) is 7.88. The Morgan fingerprint density at radius 1 is 1.39 bits per heavy atom. The predicted octanol–water partition coefficient (Wildman–Crippen LogP) is 3.77. The molecule has 0 saturated carbocycles. The lowest BCUT2D eigenvalue weighted by atomic mass is 10.3.